The minimum absolute atomic E-state index is 0.355. The van der Waals surface area contributed by atoms with E-state index in [0.29, 0.717) is 29.0 Å². The summed E-state index contributed by atoms with van der Waals surface area (Å²) in [6, 6.07) is 3.27. The first-order chi connectivity index (χ1) is 7.04. The van der Waals surface area contributed by atoms with Crippen LogP contribution in [-0.4, -0.2) is 5.11 Å². The predicted molar refractivity (Wildman–Crippen MR) is 58.5 cm³/mol. The van der Waals surface area contributed by atoms with E-state index in [0.717, 1.165) is 12.8 Å². The highest BCUT2D eigenvalue weighted by Gasteiger charge is 2.35. The van der Waals surface area contributed by atoms with Gasteiger partial charge in [-0.05, 0) is 25.8 Å². The molecule has 0 saturated heterocycles. The number of halogens is 2. The lowest BCUT2D eigenvalue weighted by Crippen LogP contribution is -2.23. The Bertz CT molecular complexity index is 383. The maximum atomic E-state index is 13.9. The second kappa shape index (κ2) is 3.76. The van der Waals surface area contributed by atoms with Gasteiger partial charge < -0.3 is 5.11 Å². The van der Waals surface area contributed by atoms with Crippen molar-refractivity contribution in [1.82, 2.24) is 0 Å². The average molecular weight is 229 g/mol. The van der Waals surface area contributed by atoms with E-state index >= 15 is 0 Å². The molecule has 0 bridgehead atoms. The highest BCUT2D eigenvalue weighted by molar-refractivity contribution is 6.31. The third-order valence-electron chi connectivity index (χ3n) is 3.25. The van der Waals surface area contributed by atoms with Gasteiger partial charge in [0.2, 0.25) is 0 Å². The van der Waals surface area contributed by atoms with Gasteiger partial charge in [0, 0.05) is 16.1 Å². The Morgan fingerprint density at radius 2 is 1.93 bits per heavy atom. The van der Waals surface area contributed by atoms with Crippen molar-refractivity contribution in [2.75, 3.05) is 0 Å². The van der Waals surface area contributed by atoms with Gasteiger partial charge >= 0.3 is 0 Å². The van der Waals surface area contributed by atoms with Gasteiger partial charge in [0.15, 0.2) is 0 Å². The quantitative estimate of drug-likeness (QED) is 0.780. The van der Waals surface area contributed by atoms with Crippen LogP contribution in [-0.2, 0) is 5.60 Å². The molecule has 82 valence electrons. The SMILES string of the molecule is Cc1c(Cl)ccc(C2(O)CCCC2)c1F. The largest absolute Gasteiger partial charge is 0.385 e. The van der Waals surface area contributed by atoms with Gasteiger partial charge in [-0.15, -0.1) is 0 Å². The van der Waals surface area contributed by atoms with Gasteiger partial charge in [-0.3, -0.25) is 0 Å². The highest BCUT2D eigenvalue weighted by Crippen LogP contribution is 2.40. The van der Waals surface area contributed by atoms with E-state index < -0.39 is 5.60 Å². The normalized spacial score (nSPS) is 19.5. The van der Waals surface area contributed by atoms with Gasteiger partial charge in [0.1, 0.15) is 5.82 Å². The molecule has 1 aromatic rings. The summed E-state index contributed by atoms with van der Waals surface area (Å²) in [6.07, 6.45) is 3.20. The lowest BCUT2D eigenvalue weighted by atomic mass is 9.90. The summed E-state index contributed by atoms with van der Waals surface area (Å²) in [6.45, 7) is 1.64. The molecule has 1 nitrogen and oxygen atoms in total. The summed E-state index contributed by atoms with van der Waals surface area (Å²) < 4.78 is 13.9. The first-order valence-electron chi connectivity index (χ1n) is 5.22. The molecule has 0 atom stereocenters. The van der Waals surface area contributed by atoms with Crippen molar-refractivity contribution in [2.45, 2.75) is 38.2 Å². The van der Waals surface area contributed by atoms with Crippen molar-refractivity contribution >= 4 is 11.6 Å². The van der Waals surface area contributed by atoms with Crippen LogP contribution in [0.2, 0.25) is 5.02 Å². The van der Waals surface area contributed by atoms with Crippen molar-refractivity contribution in [3.05, 3.63) is 34.1 Å². The number of hydrogen-bond donors (Lipinski definition) is 1. The summed E-state index contributed by atoms with van der Waals surface area (Å²) in [4.78, 5) is 0. The third kappa shape index (κ3) is 1.77. The third-order valence-corrected chi connectivity index (χ3v) is 3.66. The van der Waals surface area contributed by atoms with E-state index in [1.807, 2.05) is 0 Å². The molecule has 1 saturated carbocycles. The van der Waals surface area contributed by atoms with Crippen LogP contribution >= 0.6 is 11.6 Å². The van der Waals surface area contributed by atoms with E-state index in [9.17, 15) is 9.50 Å². The number of benzene rings is 1. The maximum absolute atomic E-state index is 13.9. The molecule has 3 heteroatoms. The molecule has 0 aliphatic heterocycles. The second-order valence-electron chi connectivity index (χ2n) is 4.27. The number of rotatable bonds is 1. The lowest BCUT2D eigenvalue weighted by Gasteiger charge is -2.24. The number of hydrogen-bond acceptors (Lipinski definition) is 1. The van der Waals surface area contributed by atoms with Crippen molar-refractivity contribution in [3.63, 3.8) is 0 Å². The Kier molecular flexibility index (Phi) is 2.73. The number of aliphatic hydroxyl groups is 1. The molecule has 0 aromatic heterocycles. The fourth-order valence-corrected chi connectivity index (χ4v) is 2.40. The first kappa shape index (κ1) is 10.9. The van der Waals surface area contributed by atoms with Crippen molar-refractivity contribution < 1.29 is 9.50 Å². The van der Waals surface area contributed by atoms with Crippen LogP contribution in [0.15, 0.2) is 12.1 Å². The second-order valence-corrected chi connectivity index (χ2v) is 4.68. The van der Waals surface area contributed by atoms with E-state index in [1.165, 1.54) is 0 Å². The molecule has 1 aromatic carbocycles. The van der Waals surface area contributed by atoms with Crippen molar-refractivity contribution in [3.8, 4) is 0 Å². The molecule has 1 aliphatic carbocycles. The predicted octanol–water partition coefficient (Wildman–Crippen LogP) is 3.55. The average Bonchev–Trinajstić information content (AvgIpc) is 2.62. The Hall–Kier alpha value is -0.600. The fourth-order valence-electron chi connectivity index (χ4n) is 2.25. The van der Waals surface area contributed by atoms with Crippen LogP contribution in [0, 0.1) is 12.7 Å². The Labute approximate surface area is 93.9 Å². The van der Waals surface area contributed by atoms with Crippen LogP contribution in [0.25, 0.3) is 0 Å². The molecule has 0 amide bonds. The molecule has 0 unspecified atom stereocenters. The molecule has 1 N–H and O–H groups in total. The van der Waals surface area contributed by atoms with E-state index in [4.69, 9.17) is 11.6 Å². The zero-order valence-electron chi connectivity index (χ0n) is 8.69. The standard InChI is InChI=1S/C12H14ClFO/c1-8-10(13)5-4-9(11(8)14)12(15)6-2-3-7-12/h4-5,15H,2-3,6-7H2,1H3. The molecule has 15 heavy (non-hydrogen) atoms. The molecular weight excluding hydrogens is 215 g/mol. The van der Waals surface area contributed by atoms with Gasteiger partial charge in [0.25, 0.3) is 0 Å². The zero-order valence-corrected chi connectivity index (χ0v) is 9.44. The summed E-state index contributed by atoms with van der Waals surface area (Å²) in [5.74, 6) is -0.355. The Morgan fingerprint density at radius 3 is 2.53 bits per heavy atom. The van der Waals surface area contributed by atoms with Gasteiger partial charge in [-0.25, -0.2) is 4.39 Å². The Morgan fingerprint density at radius 1 is 1.33 bits per heavy atom. The molecule has 0 radical (unpaired) electrons. The van der Waals surface area contributed by atoms with E-state index in [1.54, 1.807) is 19.1 Å². The highest BCUT2D eigenvalue weighted by atomic mass is 35.5. The molecule has 1 fully saturated rings. The van der Waals surface area contributed by atoms with Crippen LogP contribution in [0.3, 0.4) is 0 Å². The molecule has 0 spiro atoms. The first-order valence-corrected chi connectivity index (χ1v) is 5.60. The van der Waals surface area contributed by atoms with Gasteiger partial charge in [-0.2, -0.15) is 0 Å². The molecule has 1 aliphatic rings. The van der Waals surface area contributed by atoms with E-state index in [2.05, 4.69) is 0 Å². The fraction of sp³-hybridized carbons (Fsp3) is 0.500. The minimum Gasteiger partial charge on any atom is -0.385 e. The Balaban J connectivity index is 2.49. The summed E-state index contributed by atoms with van der Waals surface area (Å²) in [5, 5.41) is 10.7. The summed E-state index contributed by atoms with van der Waals surface area (Å²) in [5.41, 5.74) is -0.143. The maximum Gasteiger partial charge on any atom is 0.133 e. The van der Waals surface area contributed by atoms with Crippen LogP contribution in [0.4, 0.5) is 4.39 Å². The zero-order chi connectivity index (χ0) is 11.1. The van der Waals surface area contributed by atoms with E-state index in [-0.39, 0.29) is 5.82 Å². The monoisotopic (exact) mass is 228 g/mol. The molecule has 2 rings (SSSR count). The van der Waals surface area contributed by atoms with Crippen LogP contribution < -0.4 is 0 Å². The lowest BCUT2D eigenvalue weighted by molar-refractivity contribution is 0.0406. The topological polar surface area (TPSA) is 20.2 Å². The van der Waals surface area contributed by atoms with Gasteiger partial charge in [0.05, 0.1) is 5.60 Å². The van der Waals surface area contributed by atoms with Crippen molar-refractivity contribution in [2.24, 2.45) is 0 Å². The molecular formula is C12H14ClFO. The van der Waals surface area contributed by atoms with Crippen LogP contribution in [0.5, 0.6) is 0 Å². The summed E-state index contributed by atoms with van der Waals surface area (Å²) in [7, 11) is 0. The van der Waals surface area contributed by atoms with Crippen molar-refractivity contribution in [1.29, 1.82) is 0 Å². The van der Waals surface area contributed by atoms with Gasteiger partial charge in [-0.1, -0.05) is 30.5 Å². The molecule has 0 heterocycles. The summed E-state index contributed by atoms with van der Waals surface area (Å²) >= 11 is 5.82. The minimum atomic E-state index is -0.973. The van der Waals surface area contributed by atoms with Crippen LogP contribution in [0.1, 0.15) is 36.8 Å². The smallest absolute Gasteiger partial charge is 0.133 e.